The summed E-state index contributed by atoms with van der Waals surface area (Å²) < 4.78 is 26.1. The van der Waals surface area contributed by atoms with Crippen LogP contribution in [0.2, 0.25) is 0 Å². The van der Waals surface area contributed by atoms with Crippen LogP contribution in [-0.2, 0) is 21.2 Å². The van der Waals surface area contributed by atoms with Crippen molar-refractivity contribution in [2.75, 3.05) is 11.0 Å². The Morgan fingerprint density at radius 2 is 1.88 bits per heavy atom. The Morgan fingerprint density at radius 3 is 2.56 bits per heavy atom. The summed E-state index contributed by atoms with van der Waals surface area (Å²) in [5.74, 6) is -0.0512. The Balaban J connectivity index is 1.95. The molecular weight excluding hydrogens is 404 g/mol. The van der Waals surface area contributed by atoms with Gasteiger partial charge in [-0.25, -0.2) is 8.42 Å². The number of hydrogen-bond donors (Lipinski definition) is 2. The average Bonchev–Trinajstić information content (AvgIpc) is 2.52. The SMILES string of the molecule is CC(NC(=O)CCc1ccccc1Br)c1cccc(NS(C)(=O)=O)c1. The standard InChI is InChI=1S/C18H21BrN2O3S/c1-13(15-7-5-8-16(12-15)21-25(2,23)24)20-18(22)11-10-14-6-3-4-9-17(14)19/h3-9,12-13,21H,10-11H2,1-2H3,(H,20,22). The topological polar surface area (TPSA) is 75.3 Å². The molecule has 7 heteroatoms. The number of sulfonamides is 1. The van der Waals surface area contributed by atoms with Gasteiger partial charge in [-0.2, -0.15) is 0 Å². The van der Waals surface area contributed by atoms with E-state index in [1.165, 1.54) is 0 Å². The first kappa shape index (κ1) is 19.5. The minimum absolute atomic E-state index is 0.0512. The molecule has 25 heavy (non-hydrogen) atoms. The molecule has 0 aromatic heterocycles. The van der Waals surface area contributed by atoms with E-state index in [2.05, 4.69) is 26.0 Å². The van der Waals surface area contributed by atoms with Crippen LogP contribution < -0.4 is 10.0 Å². The van der Waals surface area contributed by atoms with Crippen molar-refractivity contribution in [1.82, 2.24) is 5.32 Å². The number of nitrogens with one attached hydrogen (secondary N) is 2. The second-order valence-electron chi connectivity index (χ2n) is 5.88. The van der Waals surface area contributed by atoms with Crippen molar-refractivity contribution in [3.05, 3.63) is 64.1 Å². The Morgan fingerprint density at radius 1 is 1.16 bits per heavy atom. The lowest BCUT2D eigenvalue weighted by Crippen LogP contribution is -2.27. The molecule has 0 aliphatic heterocycles. The summed E-state index contributed by atoms with van der Waals surface area (Å²) in [5, 5.41) is 2.94. The van der Waals surface area contributed by atoms with Crippen molar-refractivity contribution in [3.8, 4) is 0 Å². The second-order valence-corrected chi connectivity index (χ2v) is 8.48. The zero-order valence-corrected chi connectivity index (χ0v) is 16.5. The number of rotatable bonds is 7. The molecule has 0 aliphatic carbocycles. The van der Waals surface area contributed by atoms with Gasteiger partial charge in [0.25, 0.3) is 0 Å². The zero-order chi connectivity index (χ0) is 18.4. The van der Waals surface area contributed by atoms with Crippen LogP contribution in [0.25, 0.3) is 0 Å². The Labute approximate surface area is 157 Å². The van der Waals surface area contributed by atoms with Crippen LogP contribution in [0.15, 0.2) is 53.0 Å². The van der Waals surface area contributed by atoms with E-state index in [1.54, 1.807) is 18.2 Å². The number of amides is 1. The monoisotopic (exact) mass is 424 g/mol. The first-order valence-corrected chi connectivity index (χ1v) is 10.5. The summed E-state index contributed by atoms with van der Waals surface area (Å²) in [6.45, 7) is 1.87. The first-order chi connectivity index (χ1) is 11.7. The Kier molecular flexibility index (Phi) is 6.61. The fourth-order valence-electron chi connectivity index (χ4n) is 2.43. The number of anilines is 1. The van der Waals surface area contributed by atoms with Gasteiger partial charge in [-0.05, 0) is 42.7 Å². The number of benzene rings is 2. The first-order valence-electron chi connectivity index (χ1n) is 7.85. The van der Waals surface area contributed by atoms with E-state index in [0.717, 1.165) is 21.9 Å². The predicted octanol–water partition coefficient (Wildman–Crippen LogP) is 3.63. The van der Waals surface area contributed by atoms with Gasteiger partial charge in [-0.1, -0.05) is 46.3 Å². The van der Waals surface area contributed by atoms with Crippen molar-refractivity contribution in [3.63, 3.8) is 0 Å². The minimum Gasteiger partial charge on any atom is -0.350 e. The van der Waals surface area contributed by atoms with E-state index in [0.29, 0.717) is 18.5 Å². The second kappa shape index (κ2) is 8.49. The fourth-order valence-corrected chi connectivity index (χ4v) is 3.47. The van der Waals surface area contributed by atoms with Crippen LogP contribution in [0, 0.1) is 0 Å². The van der Waals surface area contributed by atoms with Crippen molar-refractivity contribution >= 4 is 37.5 Å². The largest absolute Gasteiger partial charge is 0.350 e. The molecule has 2 N–H and O–H groups in total. The highest BCUT2D eigenvalue weighted by atomic mass is 79.9. The summed E-state index contributed by atoms with van der Waals surface area (Å²) in [7, 11) is -3.33. The third-order valence-corrected chi connectivity index (χ3v) is 5.03. The number of hydrogen-bond acceptors (Lipinski definition) is 3. The lowest BCUT2D eigenvalue weighted by molar-refractivity contribution is -0.121. The van der Waals surface area contributed by atoms with Crippen molar-refractivity contribution in [1.29, 1.82) is 0 Å². The summed E-state index contributed by atoms with van der Waals surface area (Å²) in [4.78, 5) is 12.2. The molecule has 0 saturated carbocycles. The van der Waals surface area contributed by atoms with Gasteiger partial charge in [-0.3, -0.25) is 9.52 Å². The molecule has 0 fully saturated rings. The van der Waals surface area contributed by atoms with Crippen LogP contribution in [0.1, 0.15) is 30.5 Å². The number of carbonyl (C=O) groups excluding carboxylic acids is 1. The molecule has 2 rings (SSSR count). The molecule has 0 aliphatic rings. The molecule has 5 nitrogen and oxygen atoms in total. The van der Waals surface area contributed by atoms with Crippen molar-refractivity contribution in [2.45, 2.75) is 25.8 Å². The van der Waals surface area contributed by atoms with Crippen LogP contribution in [0.4, 0.5) is 5.69 Å². The van der Waals surface area contributed by atoms with Gasteiger partial charge in [0.1, 0.15) is 0 Å². The zero-order valence-electron chi connectivity index (χ0n) is 14.1. The smallest absolute Gasteiger partial charge is 0.229 e. The van der Waals surface area contributed by atoms with Gasteiger partial charge in [0, 0.05) is 16.6 Å². The average molecular weight is 425 g/mol. The number of carbonyl (C=O) groups is 1. The van der Waals surface area contributed by atoms with E-state index >= 15 is 0 Å². The van der Waals surface area contributed by atoms with E-state index in [9.17, 15) is 13.2 Å². The van der Waals surface area contributed by atoms with E-state index in [1.807, 2.05) is 37.3 Å². The third-order valence-electron chi connectivity index (χ3n) is 3.65. The maximum absolute atomic E-state index is 12.2. The highest BCUT2D eigenvalue weighted by Gasteiger charge is 2.11. The van der Waals surface area contributed by atoms with Gasteiger partial charge in [0.2, 0.25) is 15.9 Å². The summed E-state index contributed by atoms with van der Waals surface area (Å²) in [6.07, 6.45) is 2.14. The summed E-state index contributed by atoms with van der Waals surface area (Å²) >= 11 is 3.48. The molecular formula is C18H21BrN2O3S. The van der Waals surface area contributed by atoms with E-state index in [-0.39, 0.29) is 11.9 Å². The van der Waals surface area contributed by atoms with Crippen LogP contribution in [0.3, 0.4) is 0 Å². The molecule has 0 heterocycles. The van der Waals surface area contributed by atoms with E-state index < -0.39 is 10.0 Å². The highest BCUT2D eigenvalue weighted by Crippen LogP contribution is 2.20. The molecule has 1 amide bonds. The molecule has 0 saturated heterocycles. The molecule has 0 spiro atoms. The lowest BCUT2D eigenvalue weighted by atomic mass is 10.1. The molecule has 0 radical (unpaired) electrons. The summed E-state index contributed by atoms with van der Waals surface area (Å²) in [6, 6.07) is 14.6. The van der Waals surface area contributed by atoms with Gasteiger partial charge in [0.15, 0.2) is 0 Å². The Bertz CT molecular complexity index is 853. The van der Waals surface area contributed by atoms with Crippen LogP contribution >= 0.6 is 15.9 Å². The summed E-state index contributed by atoms with van der Waals surface area (Å²) in [5.41, 5.74) is 2.40. The van der Waals surface area contributed by atoms with Crippen LogP contribution in [-0.4, -0.2) is 20.6 Å². The van der Waals surface area contributed by atoms with Gasteiger partial charge in [-0.15, -0.1) is 0 Å². The molecule has 1 atom stereocenters. The van der Waals surface area contributed by atoms with Gasteiger partial charge >= 0.3 is 0 Å². The minimum atomic E-state index is -3.33. The van der Waals surface area contributed by atoms with Gasteiger partial charge in [0.05, 0.1) is 12.3 Å². The predicted molar refractivity (Wildman–Crippen MR) is 104 cm³/mol. The number of halogens is 1. The maximum Gasteiger partial charge on any atom is 0.229 e. The van der Waals surface area contributed by atoms with Crippen molar-refractivity contribution < 1.29 is 13.2 Å². The quantitative estimate of drug-likeness (QED) is 0.712. The van der Waals surface area contributed by atoms with Gasteiger partial charge < -0.3 is 5.32 Å². The highest BCUT2D eigenvalue weighted by molar-refractivity contribution is 9.10. The molecule has 2 aromatic carbocycles. The lowest BCUT2D eigenvalue weighted by Gasteiger charge is -2.16. The normalized spacial score (nSPS) is 12.4. The molecule has 2 aromatic rings. The van der Waals surface area contributed by atoms with E-state index in [4.69, 9.17) is 0 Å². The fraction of sp³-hybridized carbons (Fsp3) is 0.278. The maximum atomic E-state index is 12.2. The molecule has 0 bridgehead atoms. The Hall–Kier alpha value is -1.86. The number of aryl methyl sites for hydroxylation is 1. The molecule has 1 unspecified atom stereocenters. The van der Waals surface area contributed by atoms with Crippen LogP contribution in [0.5, 0.6) is 0 Å². The van der Waals surface area contributed by atoms with Crippen molar-refractivity contribution in [2.24, 2.45) is 0 Å². The third kappa shape index (κ3) is 6.51. The molecule has 134 valence electrons.